The van der Waals surface area contributed by atoms with Gasteiger partial charge in [0.2, 0.25) is 11.7 Å². The van der Waals surface area contributed by atoms with Crippen LogP contribution in [0.25, 0.3) is 0 Å². The lowest BCUT2D eigenvalue weighted by molar-refractivity contribution is 0.0932. The van der Waals surface area contributed by atoms with Gasteiger partial charge in [0.05, 0.1) is 5.56 Å². The number of ether oxygens (including phenoxy) is 1. The molecule has 1 unspecified atom stereocenters. The molecule has 130 valence electrons. The first kappa shape index (κ1) is 18.0. The molecule has 24 heavy (non-hydrogen) atoms. The van der Waals surface area contributed by atoms with E-state index in [4.69, 9.17) is 9.26 Å². The number of aromatic nitrogens is 2. The molecule has 0 aliphatic rings. The molecule has 2 rings (SSSR count). The Bertz CT molecular complexity index is 667. The third-order valence-corrected chi connectivity index (χ3v) is 3.61. The van der Waals surface area contributed by atoms with Gasteiger partial charge in [-0.1, -0.05) is 31.1 Å². The van der Waals surface area contributed by atoms with Crippen LogP contribution in [0.4, 0.5) is 0 Å². The summed E-state index contributed by atoms with van der Waals surface area (Å²) in [5.41, 5.74) is 0.508. The smallest absolute Gasteiger partial charge is 0.255 e. The van der Waals surface area contributed by atoms with Crippen molar-refractivity contribution in [2.24, 2.45) is 5.92 Å². The van der Waals surface area contributed by atoms with Crippen molar-refractivity contribution in [1.82, 2.24) is 15.5 Å². The topological polar surface area (TPSA) is 77.2 Å². The monoisotopic (exact) mass is 331 g/mol. The van der Waals surface area contributed by atoms with Crippen molar-refractivity contribution >= 4 is 5.91 Å². The summed E-state index contributed by atoms with van der Waals surface area (Å²) in [5, 5.41) is 6.81. The molecule has 0 fully saturated rings. The minimum absolute atomic E-state index is 0.118. The molecule has 1 amide bonds. The summed E-state index contributed by atoms with van der Waals surface area (Å²) in [4.78, 5) is 16.6. The number of nitrogens with zero attached hydrogens (tertiary/aromatic N) is 2. The lowest BCUT2D eigenvalue weighted by Gasteiger charge is -2.16. The van der Waals surface area contributed by atoms with E-state index in [-0.39, 0.29) is 18.6 Å². The van der Waals surface area contributed by atoms with Gasteiger partial charge in [0, 0.05) is 13.0 Å². The number of benzene rings is 1. The maximum atomic E-state index is 12.5. The van der Waals surface area contributed by atoms with Gasteiger partial charge in [-0.3, -0.25) is 4.79 Å². The van der Waals surface area contributed by atoms with Gasteiger partial charge >= 0.3 is 0 Å². The highest BCUT2D eigenvalue weighted by Crippen LogP contribution is 2.19. The minimum Gasteiger partial charge on any atom is -0.485 e. The number of nitrogens with one attached hydrogen (secondary N) is 1. The van der Waals surface area contributed by atoms with Gasteiger partial charge in [0.25, 0.3) is 5.91 Å². The molecule has 0 aliphatic carbocycles. The van der Waals surface area contributed by atoms with Gasteiger partial charge in [-0.2, -0.15) is 4.98 Å². The van der Waals surface area contributed by atoms with Crippen LogP contribution in [0, 0.1) is 12.8 Å². The normalized spacial score (nSPS) is 12.2. The zero-order chi connectivity index (χ0) is 17.5. The minimum atomic E-state index is -0.133. The summed E-state index contributed by atoms with van der Waals surface area (Å²) in [5.74, 6) is 1.93. The molecule has 1 atom stereocenters. The number of para-hydroxylation sites is 1. The zero-order valence-corrected chi connectivity index (χ0v) is 14.7. The summed E-state index contributed by atoms with van der Waals surface area (Å²) in [6.07, 6.45) is 2.03. The van der Waals surface area contributed by atoms with Crippen LogP contribution in [0.2, 0.25) is 0 Å². The van der Waals surface area contributed by atoms with Crippen LogP contribution in [-0.2, 0) is 6.61 Å². The second kappa shape index (κ2) is 8.47. The average Bonchev–Trinajstić information content (AvgIpc) is 2.96. The van der Waals surface area contributed by atoms with Crippen LogP contribution in [0.1, 0.15) is 55.7 Å². The Morgan fingerprint density at radius 3 is 2.67 bits per heavy atom. The van der Waals surface area contributed by atoms with Crippen molar-refractivity contribution in [3.63, 3.8) is 0 Å². The molecule has 1 aromatic carbocycles. The number of rotatable bonds is 8. The van der Waals surface area contributed by atoms with Crippen molar-refractivity contribution in [2.75, 3.05) is 0 Å². The number of carbonyl (C=O) groups excluding carboxylic acids is 1. The molecule has 2 aromatic rings. The molecular formula is C18H25N3O3. The van der Waals surface area contributed by atoms with E-state index in [9.17, 15) is 4.79 Å². The fourth-order valence-electron chi connectivity index (χ4n) is 2.28. The maximum absolute atomic E-state index is 12.5. The van der Waals surface area contributed by atoms with Gasteiger partial charge in [-0.05, 0) is 37.8 Å². The molecule has 1 heterocycles. The van der Waals surface area contributed by atoms with E-state index in [0.29, 0.717) is 28.9 Å². The fraction of sp³-hybridized carbons (Fsp3) is 0.500. The Hall–Kier alpha value is -2.37. The number of amides is 1. The van der Waals surface area contributed by atoms with Crippen molar-refractivity contribution < 1.29 is 14.1 Å². The van der Waals surface area contributed by atoms with Crippen LogP contribution in [0.15, 0.2) is 28.8 Å². The van der Waals surface area contributed by atoms with Crippen LogP contribution < -0.4 is 10.1 Å². The van der Waals surface area contributed by atoms with Crippen LogP contribution in [-0.4, -0.2) is 22.1 Å². The number of aryl methyl sites for hydroxylation is 1. The first-order valence-corrected chi connectivity index (χ1v) is 8.27. The summed E-state index contributed by atoms with van der Waals surface area (Å²) in [7, 11) is 0. The van der Waals surface area contributed by atoms with Gasteiger partial charge in [0.1, 0.15) is 5.75 Å². The lowest BCUT2D eigenvalue weighted by Crippen LogP contribution is -2.33. The third-order valence-electron chi connectivity index (χ3n) is 3.61. The quantitative estimate of drug-likeness (QED) is 0.801. The van der Waals surface area contributed by atoms with Gasteiger partial charge < -0.3 is 14.6 Å². The third kappa shape index (κ3) is 5.37. The van der Waals surface area contributed by atoms with E-state index < -0.39 is 0 Å². The van der Waals surface area contributed by atoms with E-state index in [1.807, 2.05) is 19.1 Å². The molecule has 0 aliphatic heterocycles. The van der Waals surface area contributed by atoms with Gasteiger partial charge in [0.15, 0.2) is 6.61 Å². The van der Waals surface area contributed by atoms with Crippen LogP contribution >= 0.6 is 0 Å². The highest BCUT2D eigenvalue weighted by molar-refractivity contribution is 5.97. The molecule has 6 nitrogen and oxygen atoms in total. The zero-order valence-electron chi connectivity index (χ0n) is 14.7. The Kier molecular flexibility index (Phi) is 6.35. The van der Waals surface area contributed by atoms with E-state index in [1.54, 1.807) is 19.1 Å². The van der Waals surface area contributed by atoms with Crippen LogP contribution in [0.3, 0.4) is 0 Å². The molecule has 0 bridgehead atoms. The van der Waals surface area contributed by atoms with Gasteiger partial charge in [-0.25, -0.2) is 0 Å². The maximum Gasteiger partial charge on any atom is 0.255 e. The van der Waals surface area contributed by atoms with E-state index in [2.05, 4.69) is 29.3 Å². The summed E-state index contributed by atoms with van der Waals surface area (Å²) >= 11 is 0. The summed E-state index contributed by atoms with van der Waals surface area (Å²) in [6.45, 7) is 8.25. The molecule has 0 saturated carbocycles. The fourth-order valence-corrected chi connectivity index (χ4v) is 2.28. The number of carbonyl (C=O) groups is 1. The second-order valence-corrected chi connectivity index (χ2v) is 6.36. The predicted octanol–water partition coefficient (Wildman–Crippen LogP) is 3.51. The van der Waals surface area contributed by atoms with Crippen molar-refractivity contribution in [1.29, 1.82) is 0 Å². The molecule has 6 heteroatoms. The molecule has 0 radical (unpaired) electrons. The standard InChI is InChI=1S/C18H25N3O3/c1-12(2)9-10-13(3)19-18(22)15-7-5-6-8-16(15)23-11-17-20-14(4)24-21-17/h5-8,12-13H,9-11H2,1-4H3,(H,19,22). The molecule has 0 spiro atoms. The molecular weight excluding hydrogens is 306 g/mol. The summed E-state index contributed by atoms with van der Waals surface area (Å²) in [6, 6.07) is 7.28. The Morgan fingerprint density at radius 2 is 2.00 bits per heavy atom. The summed E-state index contributed by atoms with van der Waals surface area (Å²) < 4.78 is 10.6. The molecule has 0 saturated heterocycles. The molecule has 1 N–H and O–H groups in total. The van der Waals surface area contributed by atoms with E-state index >= 15 is 0 Å². The van der Waals surface area contributed by atoms with Crippen molar-refractivity contribution in [3.05, 3.63) is 41.5 Å². The SMILES string of the molecule is Cc1nc(COc2ccccc2C(=O)NC(C)CCC(C)C)no1. The van der Waals surface area contributed by atoms with Gasteiger partial charge in [-0.15, -0.1) is 0 Å². The number of hydrogen-bond donors (Lipinski definition) is 1. The first-order chi connectivity index (χ1) is 11.5. The lowest BCUT2D eigenvalue weighted by atomic mass is 10.0. The average molecular weight is 331 g/mol. The highest BCUT2D eigenvalue weighted by atomic mass is 16.5. The first-order valence-electron chi connectivity index (χ1n) is 8.27. The van der Waals surface area contributed by atoms with E-state index in [1.165, 1.54) is 0 Å². The van der Waals surface area contributed by atoms with Crippen molar-refractivity contribution in [2.45, 2.75) is 53.2 Å². The van der Waals surface area contributed by atoms with E-state index in [0.717, 1.165) is 12.8 Å². The Labute approximate surface area is 142 Å². The largest absolute Gasteiger partial charge is 0.485 e. The van der Waals surface area contributed by atoms with Crippen LogP contribution in [0.5, 0.6) is 5.75 Å². The van der Waals surface area contributed by atoms with Crippen molar-refractivity contribution in [3.8, 4) is 5.75 Å². The predicted molar refractivity (Wildman–Crippen MR) is 90.8 cm³/mol. The second-order valence-electron chi connectivity index (χ2n) is 6.36. The number of hydrogen-bond acceptors (Lipinski definition) is 5. The molecule has 1 aromatic heterocycles. The Balaban J connectivity index is 1.98. The Morgan fingerprint density at radius 1 is 1.25 bits per heavy atom. The highest BCUT2D eigenvalue weighted by Gasteiger charge is 2.15.